The first-order valence-corrected chi connectivity index (χ1v) is 4.58. The Labute approximate surface area is 65.9 Å². The molecule has 0 atom stereocenters. The molecule has 2 heteroatoms. The summed E-state index contributed by atoms with van der Waals surface area (Å²) in [6.45, 7) is 2.15. The molecule has 0 unspecified atom stereocenters. The molecule has 0 radical (unpaired) electrons. The van der Waals surface area contributed by atoms with Crippen molar-refractivity contribution in [2.75, 3.05) is 6.26 Å². The van der Waals surface area contributed by atoms with Crippen molar-refractivity contribution in [2.45, 2.75) is 18.4 Å². The predicted molar refractivity (Wildman–Crippen MR) is 45.4 cm³/mol. The average molecular weight is 153 g/mol. The van der Waals surface area contributed by atoms with Crippen LogP contribution in [-0.2, 0) is 6.42 Å². The third kappa shape index (κ3) is 1.74. The summed E-state index contributed by atoms with van der Waals surface area (Å²) in [5, 5.41) is 1.11. The van der Waals surface area contributed by atoms with E-state index in [9.17, 15) is 0 Å². The Bertz CT molecular complexity index is 191. The fourth-order valence-electron chi connectivity index (χ4n) is 0.782. The van der Waals surface area contributed by atoms with Crippen molar-refractivity contribution in [2.24, 2.45) is 0 Å². The predicted octanol–water partition coefficient (Wildman–Crippen LogP) is 2.37. The summed E-state index contributed by atoms with van der Waals surface area (Å²) in [5.41, 5.74) is 1.36. The third-order valence-electron chi connectivity index (χ3n) is 1.42. The SMILES string of the molecule is CCc1ccnc(SC)c1. The second kappa shape index (κ2) is 3.62. The first-order chi connectivity index (χ1) is 4.86. The van der Waals surface area contributed by atoms with Gasteiger partial charge in [-0.2, -0.15) is 0 Å². The van der Waals surface area contributed by atoms with E-state index in [1.165, 1.54) is 5.56 Å². The lowest BCUT2D eigenvalue weighted by atomic mass is 10.2. The van der Waals surface area contributed by atoms with Gasteiger partial charge in [0.1, 0.15) is 0 Å². The molecule has 1 rings (SSSR count). The van der Waals surface area contributed by atoms with Crippen LogP contribution in [0.4, 0.5) is 0 Å². The Morgan fingerprint density at radius 2 is 2.40 bits per heavy atom. The number of thioether (sulfide) groups is 1. The summed E-state index contributed by atoms with van der Waals surface area (Å²) in [7, 11) is 0. The highest BCUT2D eigenvalue weighted by atomic mass is 32.2. The number of rotatable bonds is 2. The van der Waals surface area contributed by atoms with Gasteiger partial charge >= 0.3 is 0 Å². The molecule has 1 aromatic rings. The molecule has 1 nitrogen and oxygen atoms in total. The van der Waals surface area contributed by atoms with Gasteiger partial charge in [-0.3, -0.25) is 0 Å². The van der Waals surface area contributed by atoms with Crippen LogP contribution in [0.1, 0.15) is 12.5 Å². The van der Waals surface area contributed by atoms with Crippen LogP contribution in [0.15, 0.2) is 23.4 Å². The Kier molecular flexibility index (Phi) is 2.75. The van der Waals surface area contributed by atoms with Crippen LogP contribution in [-0.4, -0.2) is 11.2 Å². The molecule has 0 fully saturated rings. The third-order valence-corrected chi connectivity index (χ3v) is 2.06. The summed E-state index contributed by atoms with van der Waals surface area (Å²) in [5.74, 6) is 0. The van der Waals surface area contributed by atoms with E-state index in [1.54, 1.807) is 11.8 Å². The van der Waals surface area contributed by atoms with Crippen molar-refractivity contribution in [3.8, 4) is 0 Å². The number of hydrogen-bond acceptors (Lipinski definition) is 2. The van der Waals surface area contributed by atoms with Crippen LogP contribution < -0.4 is 0 Å². The van der Waals surface area contributed by atoms with E-state index in [0.29, 0.717) is 0 Å². The summed E-state index contributed by atoms with van der Waals surface area (Å²) in [6, 6.07) is 4.18. The minimum atomic E-state index is 1.09. The van der Waals surface area contributed by atoms with Gasteiger partial charge in [0.2, 0.25) is 0 Å². The van der Waals surface area contributed by atoms with E-state index in [-0.39, 0.29) is 0 Å². The van der Waals surface area contributed by atoms with Crippen molar-refractivity contribution in [1.82, 2.24) is 4.98 Å². The summed E-state index contributed by atoms with van der Waals surface area (Å²) in [6.07, 6.45) is 5.00. The molecule has 0 spiro atoms. The largest absolute Gasteiger partial charge is 0.250 e. The Balaban J connectivity index is 2.87. The van der Waals surface area contributed by atoms with Gasteiger partial charge in [0.25, 0.3) is 0 Å². The molecule has 0 saturated heterocycles. The number of pyridine rings is 1. The zero-order valence-corrected chi connectivity index (χ0v) is 7.11. The van der Waals surface area contributed by atoms with E-state index in [2.05, 4.69) is 24.0 Å². The van der Waals surface area contributed by atoms with Gasteiger partial charge in [-0.1, -0.05) is 6.92 Å². The highest BCUT2D eigenvalue weighted by molar-refractivity contribution is 7.98. The number of nitrogens with zero attached hydrogens (tertiary/aromatic N) is 1. The van der Waals surface area contributed by atoms with Crippen LogP contribution in [0.5, 0.6) is 0 Å². The van der Waals surface area contributed by atoms with Gasteiger partial charge in [-0.25, -0.2) is 4.98 Å². The van der Waals surface area contributed by atoms with Crippen molar-refractivity contribution >= 4 is 11.8 Å². The topological polar surface area (TPSA) is 12.9 Å². The number of aromatic nitrogens is 1. The quantitative estimate of drug-likeness (QED) is 0.605. The lowest BCUT2D eigenvalue weighted by Crippen LogP contribution is -1.82. The highest BCUT2D eigenvalue weighted by Gasteiger charge is 1.91. The summed E-state index contributed by atoms with van der Waals surface area (Å²) < 4.78 is 0. The maximum absolute atomic E-state index is 4.17. The van der Waals surface area contributed by atoms with Gasteiger partial charge in [0, 0.05) is 6.20 Å². The molecule has 54 valence electrons. The van der Waals surface area contributed by atoms with Crippen LogP contribution in [0.2, 0.25) is 0 Å². The lowest BCUT2D eigenvalue weighted by molar-refractivity contribution is 1.05. The summed E-state index contributed by atoms with van der Waals surface area (Å²) >= 11 is 1.69. The van der Waals surface area contributed by atoms with Gasteiger partial charge in [-0.15, -0.1) is 11.8 Å². The fraction of sp³-hybridized carbons (Fsp3) is 0.375. The van der Waals surface area contributed by atoms with Crippen molar-refractivity contribution < 1.29 is 0 Å². The molecule has 0 aliphatic rings. The molecule has 0 aromatic carbocycles. The minimum absolute atomic E-state index is 1.09. The van der Waals surface area contributed by atoms with Crippen LogP contribution in [0.3, 0.4) is 0 Å². The lowest BCUT2D eigenvalue weighted by Gasteiger charge is -1.97. The fourth-order valence-corrected chi connectivity index (χ4v) is 1.22. The van der Waals surface area contributed by atoms with E-state index in [1.807, 2.05) is 12.5 Å². The van der Waals surface area contributed by atoms with Gasteiger partial charge < -0.3 is 0 Å². The molecule has 0 aliphatic heterocycles. The molecular weight excluding hydrogens is 142 g/mol. The van der Waals surface area contributed by atoms with Crippen LogP contribution >= 0.6 is 11.8 Å². The van der Waals surface area contributed by atoms with E-state index >= 15 is 0 Å². The van der Waals surface area contributed by atoms with E-state index < -0.39 is 0 Å². The summed E-state index contributed by atoms with van der Waals surface area (Å²) in [4.78, 5) is 4.17. The second-order valence-corrected chi connectivity index (χ2v) is 2.89. The Morgan fingerprint density at radius 3 is 3.00 bits per heavy atom. The van der Waals surface area contributed by atoms with Crippen molar-refractivity contribution in [1.29, 1.82) is 0 Å². The maximum Gasteiger partial charge on any atom is 0.0959 e. The molecule has 0 N–H and O–H groups in total. The zero-order valence-electron chi connectivity index (χ0n) is 6.29. The Morgan fingerprint density at radius 1 is 1.60 bits per heavy atom. The minimum Gasteiger partial charge on any atom is -0.250 e. The second-order valence-electron chi connectivity index (χ2n) is 2.06. The number of aryl methyl sites for hydroxylation is 1. The first-order valence-electron chi connectivity index (χ1n) is 3.35. The Hall–Kier alpha value is -0.500. The van der Waals surface area contributed by atoms with Gasteiger partial charge in [-0.05, 0) is 30.4 Å². The molecule has 10 heavy (non-hydrogen) atoms. The molecule has 1 aromatic heterocycles. The maximum atomic E-state index is 4.17. The first kappa shape index (κ1) is 7.61. The molecule has 0 saturated carbocycles. The zero-order chi connectivity index (χ0) is 7.40. The van der Waals surface area contributed by atoms with Crippen LogP contribution in [0.25, 0.3) is 0 Å². The average Bonchev–Trinajstić information content (AvgIpc) is 2.05. The smallest absolute Gasteiger partial charge is 0.0959 e. The van der Waals surface area contributed by atoms with Crippen LogP contribution in [0, 0.1) is 0 Å². The molecule has 1 heterocycles. The molecule has 0 aliphatic carbocycles. The van der Waals surface area contributed by atoms with Gasteiger partial charge in [0.05, 0.1) is 5.03 Å². The van der Waals surface area contributed by atoms with Crippen molar-refractivity contribution in [3.63, 3.8) is 0 Å². The standard InChI is InChI=1S/C8H11NS/c1-3-7-4-5-9-8(6-7)10-2/h4-6H,3H2,1-2H3. The highest BCUT2D eigenvalue weighted by Crippen LogP contribution is 2.12. The normalized spacial score (nSPS) is 9.80. The van der Waals surface area contributed by atoms with E-state index in [4.69, 9.17) is 0 Å². The molecule has 0 bridgehead atoms. The van der Waals surface area contributed by atoms with E-state index in [0.717, 1.165) is 11.4 Å². The molecular formula is C8H11NS. The molecule has 0 amide bonds. The van der Waals surface area contributed by atoms with Crippen molar-refractivity contribution in [3.05, 3.63) is 23.9 Å². The monoisotopic (exact) mass is 153 g/mol. The van der Waals surface area contributed by atoms with Gasteiger partial charge in [0.15, 0.2) is 0 Å². The number of hydrogen-bond donors (Lipinski definition) is 0.